The Morgan fingerprint density at radius 3 is 2.04 bits per heavy atom. The average Bonchev–Trinajstić information content (AvgIpc) is 3.07. The first-order chi connectivity index (χ1) is 13.6. The Morgan fingerprint density at radius 2 is 1.43 bits per heavy atom. The molecular formula is C24H19F2NO. The molecule has 0 spiro atoms. The maximum Gasteiger partial charge on any atom is 0.197 e. The highest BCUT2D eigenvalue weighted by atomic mass is 19.1. The van der Waals surface area contributed by atoms with Gasteiger partial charge in [-0.15, -0.1) is 0 Å². The van der Waals surface area contributed by atoms with E-state index in [2.05, 4.69) is 35.8 Å². The second kappa shape index (κ2) is 6.28. The van der Waals surface area contributed by atoms with Crippen LogP contribution in [0.25, 0.3) is 10.9 Å². The van der Waals surface area contributed by atoms with Gasteiger partial charge < -0.3 is 9.30 Å². The summed E-state index contributed by atoms with van der Waals surface area (Å²) in [4.78, 5) is 0. The van der Waals surface area contributed by atoms with E-state index < -0.39 is 5.72 Å². The van der Waals surface area contributed by atoms with Crippen LogP contribution in [-0.2, 0) is 16.9 Å². The van der Waals surface area contributed by atoms with Gasteiger partial charge in [0.15, 0.2) is 5.72 Å². The van der Waals surface area contributed by atoms with Gasteiger partial charge in [0.2, 0.25) is 0 Å². The summed E-state index contributed by atoms with van der Waals surface area (Å²) < 4.78 is 36.0. The van der Waals surface area contributed by atoms with Crippen LogP contribution < -0.4 is 0 Å². The topological polar surface area (TPSA) is 14.2 Å². The molecule has 3 aromatic carbocycles. The first kappa shape index (κ1) is 17.1. The summed E-state index contributed by atoms with van der Waals surface area (Å²) in [5, 5.41) is 1.13. The quantitative estimate of drug-likeness (QED) is 0.448. The number of hydrogen-bond donors (Lipinski definition) is 0. The lowest BCUT2D eigenvalue weighted by Crippen LogP contribution is -2.44. The Morgan fingerprint density at radius 1 is 0.821 bits per heavy atom. The molecule has 0 N–H and O–H groups in total. The number of hydrogen-bond acceptors (Lipinski definition) is 1. The van der Waals surface area contributed by atoms with Crippen LogP contribution in [0.3, 0.4) is 0 Å². The maximum atomic E-state index is 13.7. The monoisotopic (exact) mass is 375 g/mol. The predicted molar refractivity (Wildman–Crippen MR) is 105 cm³/mol. The maximum absolute atomic E-state index is 13.7. The fraction of sp³-hybridized carbons (Fsp3) is 0.167. The Bertz CT molecular complexity index is 1110. The number of nitrogens with zero attached hydrogens (tertiary/aromatic N) is 1. The van der Waals surface area contributed by atoms with Gasteiger partial charge in [-0.3, -0.25) is 0 Å². The molecule has 140 valence electrons. The molecule has 2 nitrogen and oxygen atoms in total. The predicted octanol–water partition coefficient (Wildman–Crippen LogP) is 5.55. The van der Waals surface area contributed by atoms with Crippen molar-refractivity contribution in [3.8, 4) is 0 Å². The van der Waals surface area contributed by atoms with Gasteiger partial charge in [-0.25, -0.2) is 8.78 Å². The summed E-state index contributed by atoms with van der Waals surface area (Å²) in [6.45, 7) is 2.59. The van der Waals surface area contributed by atoms with Crippen LogP contribution >= 0.6 is 0 Å². The highest BCUT2D eigenvalue weighted by Gasteiger charge is 2.42. The minimum absolute atomic E-state index is 0.304. The second-order valence-electron chi connectivity index (χ2n) is 7.29. The third-order valence-corrected chi connectivity index (χ3v) is 5.49. The first-order valence-corrected chi connectivity index (χ1v) is 9.35. The summed E-state index contributed by atoms with van der Waals surface area (Å²) in [6, 6.07) is 21.2. The van der Waals surface area contributed by atoms with Crippen LogP contribution in [0.4, 0.5) is 8.78 Å². The molecule has 0 saturated heterocycles. The molecule has 0 saturated carbocycles. The standard InChI is InChI=1S/C24H19F2NO/c1-16-2-11-23-17(14-16)15-22-12-13-28-24(27(22)23,18-3-7-20(25)8-4-18)19-5-9-21(26)10-6-19/h2-11,14-15H,12-13H2,1H3. The largest absolute Gasteiger partial charge is 0.346 e. The number of halogens is 2. The molecule has 0 aliphatic carbocycles. The van der Waals surface area contributed by atoms with Gasteiger partial charge in [0.25, 0.3) is 0 Å². The minimum atomic E-state index is -0.980. The summed E-state index contributed by atoms with van der Waals surface area (Å²) in [6.07, 6.45) is 0.776. The highest BCUT2D eigenvalue weighted by Crippen LogP contribution is 2.42. The van der Waals surface area contributed by atoms with Gasteiger partial charge in [-0.05, 0) is 49.4 Å². The van der Waals surface area contributed by atoms with Gasteiger partial charge in [-0.2, -0.15) is 0 Å². The fourth-order valence-corrected chi connectivity index (χ4v) is 4.26. The molecule has 1 aromatic heterocycles. The highest BCUT2D eigenvalue weighted by molar-refractivity contribution is 5.83. The van der Waals surface area contributed by atoms with Gasteiger partial charge in [0.05, 0.1) is 12.1 Å². The Balaban J connectivity index is 1.87. The second-order valence-corrected chi connectivity index (χ2v) is 7.29. The van der Waals surface area contributed by atoms with E-state index in [1.165, 1.54) is 29.8 Å². The normalized spacial score (nSPS) is 15.5. The van der Waals surface area contributed by atoms with Crippen molar-refractivity contribution in [1.82, 2.24) is 4.57 Å². The molecule has 0 unspecified atom stereocenters. The van der Waals surface area contributed by atoms with Crippen molar-refractivity contribution in [2.75, 3.05) is 6.61 Å². The van der Waals surface area contributed by atoms with Crippen molar-refractivity contribution < 1.29 is 13.5 Å². The van der Waals surface area contributed by atoms with Gasteiger partial charge >= 0.3 is 0 Å². The summed E-state index contributed by atoms with van der Waals surface area (Å²) in [7, 11) is 0. The van der Waals surface area contributed by atoms with Crippen LogP contribution in [0.2, 0.25) is 0 Å². The van der Waals surface area contributed by atoms with Crippen molar-refractivity contribution in [2.45, 2.75) is 19.1 Å². The molecule has 1 aliphatic heterocycles. The van der Waals surface area contributed by atoms with Crippen molar-refractivity contribution in [3.05, 3.63) is 107 Å². The summed E-state index contributed by atoms with van der Waals surface area (Å²) in [5.74, 6) is -0.607. The lowest BCUT2D eigenvalue weighted by atomic mass is 9.92. The van der Waals surface area contributed by atoms with Gasteiger partial charge in [-0.1, -0.05) is 35.9 Å². The van der Waals surface area contributed by atoms with E-state index in [9.17, 15) is 8.78 Å². The smallest absolute Gasteiger partial charge is 0.197 e. The fourth-order valence-electron chi connectivity index (χ4n) is 4.26. The van der Waals surface area contributed by atoms with Gasteiger partial charge in [0, 0.05) is 28.6 Å². The molecule has 0 radical (unpaired) electrons. The van der Waals surface area contributed by atoms with E-state index in [1.54, 1.807) is 24.3 Å². The zero-order chi connectivity index (χ0) is 19.3. The van der Waals surface area contributed by atoms with Crippen LogP contribution in [-0.4, -0.2) is 11.2 Å². The summed E-state index contributed by atoms with van der Waals surface area (Å²) in [5.41, 5.74) is 3.99. The zero-order valence-electron chi connectivity index (χ0n) is 15.5. The number of ether oxygens (including phenoxy) is 1. The number of benzene rings is 3. The molecule has 4 heteroatoms. The van der Waals surface area contributed by atoms with E-state index in [0.29, 0.717) is 6.61 Å². The molecule has 0 amide bonds. The number of rotatable bonds is 2. The van der Waals surface area contributed by atoms with Crippen LogP contribution in [0, 0.1) is 18.6 Å². The van der Waals surface area contributed by atoms with Crippen molar-refractivity contribution >= 4 is 10.9 Å². The van der Waals surface area contributed by atoms with E-state index >= 15 is 0 Å². The minimum Gasteiger partial charge on any atom is -0.346 e. The Labute approximate surface area is 162 Å². The molecule has 4 aromatic rings. The van der Waals surface area contributed by atoms with Crippen molar-refractivity contribution in [3.63, 3.8) is 0 Å². The molecule has 0 bridgehead atoms. The lowest BCUT2D eigenvalue weighted by Gasteiger charge is -2.41. The average molecular weight is 375 g/mol. The molecule has 5 rings (SSSR count). The number of fused-ring (bicyclic) bond motifs is 3. The van der Waals surface area contributed by atoms with Crippen LogP contribution in [0.15, 0.2) is 72.8 Å². The molecule has 2 heterocycles. The Hall–Kier alpha value is -2.98. The molecular weight excluding hydrogens is 356 g/mol. The first-order valence-electron chi connectivity index (χ1n) is 9.35. The number of aryl methyl sites for hydroxylation is 1. The molecule has 0 atom stereocenters. The zero-order valence-corrected chi connectivity index (χ0v) is 15.5. The van der Waals surface area contributed by atoms with E-state index in [0.717, 1.165) is 34.1 Å². The van der Waals surface area contributed by atoms with E-state index in [-0.39, 0.29) is 11.6 Å². The molecule has 28 heavy (non-hydrogen) atoms. The Kier molecular flexibility index (Phi) is 3.84. The third kappa shape index (κ3) is 2.49. The van der Waals surface area contributed by atoms with E-state index in [1.807, 2.05) is 0 Å². The van der Waals surface area contributed by atoms with E-state index in [4.69, 9.17) is 4.74 Å². The SMILES string of the molecule is Cc1ccc2c(c1)cc1n2C(c2ccc(F)cc2)(c2ccc(F)cc2)OCC1. The molecule has 0 fully saturated rings. The van der Waals surface area contributed by atoms with Crippen LogP contribution in [0.1, 0.15) is 22.4 Å². The summed E-state index contributed by atoms with van der Waals surface area (Å²) >= 11 is 0. The molecule has 1 aliphatic rings. The van der Waals surface area contributed by atoms with Crippen molar-refractivity contribution in [1.29, 1.82) is 0 Å². The van der Waals surface area contributed by atoms with Gasteiger partial charge in [0.1, 0.15) is 11.6 Å². The number of aromatic nitrogens is 1. The third-order valence-electron chi connectivity index (χ3n) is 5.49. The van der Waals surface area contributed by atoms with Crippen LogP contribution in [0.5, 0.6) is 0 Å². The van der Waals surface area contributed by atoms with Crippen molar-refractivity contribution in [2.24, 2.45) is 0 Å². The lowest BCUT2D eigenvalue weighted by molar-refractivity contribution is -0.0556.